The van der Waals surface area contributed by atoms with Crippen molar-refractivity contribution in [3.05, 3.63) is 65.7 Å². The molecule has 1 fully saturated rings. The summed E-state index contributed by atoms with van der Waals surface area (Å²) in [5, 5.41) is 2.65. The Bertz CT molecular complexity index is 1130. The van der Waals surface area contributed by atoms with Gasteiger partial charge >= 0.3 is 5.97 Å². The fourth-order valence-electron chi connectivity index (χ4n) is 4.14. The summed E-state index contributed by atoms with van der Waals surface area (Å²) >= 11 is 0. The normalized spacial score (nSPS) is 20.2. The number of methoxy groups -OCH3 is 1. The highest BCUT2D eigenvalue weighted by atomic mass is 32.2. The number of likely N-dealkylation sites (tertiary alicyclic amines) is 1. The molecule has 2 unspecified atom stereocenters. The van der Waals surface area contributed by atoms with Gasteiger partial charge in [0.25, 0.3) is 0 Å². The van der Waals surface area contributed by atoms with Crippen molar-refractivity contribution in [1.82, 2.24) is 14.5 Å². The van der Waals surface area contributed by atoms with Crippen LogP contribution in [0.25, 0.3) is 0 Å². The lowest BCUT2D eigenvalue weighted by atomic mass is 9.90. The lowest BCUT2D eigenvalue weighted by Crippen LogP contribution is -2.47. The molecule has 3 atom stereocenters. The molecule has 2 aromatic rings. The molecule has 190 valence electrons. The minimum absolute atomic E-state index is 0.0537. The lowest BCUT2D eigenvalue weighted by molar-refractivity contribution is -0.145. The third-order valence-electron chi connectivity index (χ3n) is 6.24. The zero-order valence-electron chi connectivity index (χ0n) is 21.5. The van der Waals surface area contributed by atoms with Crippen LogP contribution in [0.4, 0.5) is 0 Å². The SMILES string of the molecule is [2H]C1CC(C[C@H](NC(=O)CN(C)S(=O)(=O)c2ccc(C)cc2)C(=O)OC)CCN1Cc1ccccc1. The second kappa shape index (κ2) is 12.3. The second-order valence-electron chi connectivity index (χ2n) is 8.98. The second-order valence-corrected chi connectivity index (χ2v) is 11.0. The van der Waals surface area contributed by atoms with Crippen LogP contribution >= 0.6 is 0 Å². The molecule has 1 aliphatic heterocycles. The minimum Gasteiger partial charge on any atom is -0.467 e. The van der Waals surface area contributed by atoms with Crippen molar-refractivity contribution >= 4 is 21.9 Å². The number of carbonyl (C=O) groups is 2. The van der Waals surface area contributed by atoms with E-state index in [1.54, 1.807) is 12.1 Å². The number of hydrogen-bond acceptors (Lipinski definition) is 6. The van der Waals surface area contributed by atoms with Crippen molar-refractivity contribution in [3.63, 3.8) is 0 Å². The first kappa shape index (κ1) is 25.3. The van der Waals surface area contributed by atoms with Gasteiger partial charge in [-0.1, -0.05) is 48.0 Å². The van der Waals surface area contributed by atoms with E-state index in [0.717, 1.165) is 21.9 Å². The number of rotatable bonds is 10. The van der Waals surface area contributed by atoms with E-state index in [4.69, 9.17) is 6.11 Å². The van der Waals surface area contributed by atoms with Gasteiger partial charge in [0.2, 0.25) is 15.9 Å². The topological polar surface area (TPSA) is 96.0 Å². The molecule has 0 saturated carbocycles. The van der Waals surface area contributed by atoms with Crippen molar-refractivity contribution in [2.45, 2.75) is 43.7 Å². The number of ether oxygens (including phenoxy) is 1. The van der Waals surface area contributed by atoms with Crippen LogP contribution in [-0.2, 0) is 30.9 Å². The van der Waals surface area contributed by atoms with Crippen molar-refractivity contribution in [2.75, 3.05) is 33.8 Å². The Morgan fingerprint density at radius 3 is 2.49 bits per heavy atom. The summed E-state index contributed by atoms with van der Waals surface area (Å²) in [6.45, 7) is 2.42. The number of benzene rings is 2. The average molecular weight is 503 g/mol. The summed E-state index contributed by atoms with van der Waals surface area (Å²) in [6, 6.07) is 15.5. The van der Waals surface area contributed by atoms with Gasteiger partial charge in [0.1, 0.15) is 6.04 Å². The van der Waals surface area contributed by atoms with Crippen LogP contribution in [-0.4, -0.2) is 69.3 Å². The Morgan fingerprint density at radius 2 is 1.86 bits per heavy atom. The van der Waals surface area contributed by atoms with Crippen molar-refractivity contribution in [2.24, 2.45) is 5.92 Å². The van der Waals surface area contributed by atoms with E-state index in [-0.39, 0.29) is 10.8 Å². The van der Waals surface area contributed by atoms with Crippen LogP contribution in [0.5, 0.6) is 0 Å². The molecule has 35 heavy (non-hydrogen) atoms. The monoisotopic (exact) mass is 502 g/mol. The van der Waals surface area contributed by atoms with E-state index in [1.165, 1.54) is 26.3 Å². The van der Waals surface area contributed by atoms with Crippen LogP contribution < -0.4 is 5.32 Å². The summed E-state index contributed by atoms with van der Waals surface area (Å²) in [4.78, 5) is 27.3. The summed E-state index contributed by atoms with van der Waals surface area (Å²) < 4.78 is 40.0. The number of nitrogens with one attached hydrogen (secondary N) is 1. The van der Waals surface area contributed by atoms with Crippen molar-refractivity contribution < 1.29 is 24.1 Å². The number of esters is 1. The van der Waals surface area contributed by atoms with E-state index in [0.29, 0.717) is 25.9 Å². The number of hydrogen-bond donors (Lipinski definition) is 1. The fourth-order valence-corrected chi connectivity index (χ4v) is 5.27. The molecular weight excluding hydrogens is 466 g/mol. The van der Waals surface area contributed by atoms with Crippen LogP contribution in [0.1, 0.15) is 31.8 Å². The van der Waals surface area contributed by atoms with Gasteiger partial charge in [0.05, 0.1) is 18.6 Å². The molecule has 0 aliphatic carbocycles. The van der Waals surface area contributed by atoms with Crippen LogP contribution in [0.15, 0.2) is 59.5 Å². The summed E-state index contributed by atoms with van der Waals surface area (Å²) in [5.74, 6) is -1.12. The number of amides is 1. The molecule has 0 spiro atoms. The number of sulfonamides is 1. The Kier molecular flexibility index (Phi) is 8.90. The molecular formula is C26H35N3O5S. The van der Waals surface area contributed by atoms with Gasteiger partial charge in [-0.3, -0.25) is 9.69 Å². The maximum atomic E-state index is 12.8. The number of carbonyl (C=O) groups excluding carboxylic acids is 2. The molecule has 1 amide bonds. The van der Waals surface area contributed by atoms with Gasteiger partial charge in [-0.2, -0.15) is 4.31 Å². The van der Waals surface area contributed by atoms with Crippen LogP contribution in [0, 0.1) is 12.8 Å². The predicted molar refractivity (Wildman–Crippen MR) is 134 cm³/mol. The Balaban J connectivity index is 1.57. The van der Waals surface area contributed by atoms with Gasteiger partial charge in [0.15, 0.2) is 0 Å². The summed E-state index contributed by atoms with van der Waals surface area (Å²) in [7, 11) is -1.27. The Hall–Kier alpha value is -2.75. The van der Waals surface area contributed by atoms with E-state index < -0.39 is 41.0 Å². The molecule has 2 aromatic carbocycles. The van der Waals surface area contributed by atoms with E-state index in [9.17, 15) is 18.0 Å². The predicted octanol–water partition coefficient (Wildman–Crippen LogP) is 2.58. The zero-order chi connectivity index (χ0) is 26.3. The molecule has 1 heterocycles. The number of aryl methyl sites for hydroxylation is 1. The third-order valence-corrected chi connectivity index (χ3v) is 8.05. The highest BCUT2D eigenvalue weighted by molar-refractivity contribution is 7.89. The Labute approximate surface area is 209 Å². The molecule has 0 aromatic heterocycles. The first-order valence-corrected chi connectivity index (χ1v) is 13.1. The number of nitrogens with zero attached hydrogens (tertiary/aromatic N) is 2. The number of likely N-dealkylation sites (N-methyl/N-ethyl adjacent to an activating group) is 1. The first-order valence-electron chi connectivity index (χ1n) is 12.3. The summed E-state index contributed by atoms with van der Waals surface area (Å²) in [6.07, 6.45) is 1.69. The average Bonchev–Trinajstić information content (AvgIpc) is 2.85. The smallest absolute Gasteiger partial charge is 0.328 e. The van der Waals surface area contributed by atoms with Crippen LogP contribution in [0.3, 0.4) is 0 Å². The van der Waals surface area contributed by atoms with Gasteiger partial charge in [-0.25, -0.2) is 13.2 Å². The highest BCUT2D eigenvalue weighted by Gasteiger charge is 2.30. The molecule has 1 aliphatic rings. The molecule has 8 nitrogen and oxygen atoms in total. The largest absolute Gasteiger partial charge is 0.467 e. The van der Waals surface area contributed by atoms with Crippen LogP contribution in [0.2, 0.25) is 0 Å². The lowest BCUT2D eigenvalue weighted by Gasteiger charge is -2.33. The van der Waals surface area contributed by atoms with Crippen molar-refractivity contribution in [3.8, 4) is 0 Å². The van der Waals surface area contributed by atoms with Gasteiger partial charge in [0, 0.05) is 15.0 Å². The fraction of sp³-hybridized carbons (Fsp3) is 0.462. The van der Waals surface area contributed by atoms with Gasteiger partial charge in [-0.05, 0) is 62.9 Å². The summed E-state index contributed by atoms with van der Waals surface area (Å²) in [5.41, 5.74) is 2.08. The first-order chi connectivity index (χ1) is 17.1. The quantitative estimate of drug-likeness (QED) is 0.502. The molecule has 0 bridgehead atoms. The van der Waals surface area contributed by atoms with Gasteiger partial charge in [-0.15, -0.1) is 0 Å². The van der Waals surface area contributed by atoms with Crippen molar-refractivity contribution in [1.29, 1.82) is 0 Å². The molecule has 0 radical (unpaired) electrons. The number of piperidine rings is 1. The third kappa shape index (κ3) is 7.62. The molecule has 1 N–H and O–H groups in total. The Morgan fingerprint density at radius 1 is 1.17 bits per heavy atom. The standard InChI is InChI=1S/C26H35N3O5S/c1-20-9-11-23(12-10-20)35(32,33)28(2)19-25(30)27-24(26(31)34-3)17-21-13-15-29(16-14-21)18-22-7-5-4-6-8-22/h4-12,21,24H,13-19H2,1-3H3,(H,27,30)/t24-/m0/s1/i15D/t15?,21?,24-. The molecule has 3 rings (SSSR count). The maximum Gasteiger partial charge on any atom is 0.328 e. The minimum atomic E-state index is -3.85. The van der Waals surface area contributed by atoms with E-state index >= 15 is 0 Å². The zero-order valence-corrected chi connectivity index (χ0v) is 21.3. The van der Waals surface area contributed by atoms with E-state index in [2.05, 4.69) is 10.2 Å². The maximum absolute atomic E-state index is 12.8. The van der Waals surface area contributed by atoms with E-state index in [1.807, 2.05) is 37.3 Å². The molecule has 1 saturated heterocycles. The molecule has 9 heteroatoms. The van der Waals surface area contributed by atoms with Gasteiger partial charge < -0.3 is 10.1 Å². The highest BCUT2D eigenvalue weighted by Crippen LogP contribution is 2.24.